The summed E-state index contributed by atoms with van der Waals surface area (Å²) in [5.41, 5.74) is 7.42. The number of methoxy groups -OCH3 is 1. The summed E-state index contributed by atoms with van der Waals surface area (Å²) in [6.45, 7) is 0. The number of hydrogen-bond donors (Lipinski definition) is 1. The van der Waals surface area contributed by atoms with Crippen molar-refractivity contribution < 1.29 is 9.53 Å². The molecule has 0 radical (unpaired) electrons. The van der Waals surface area contributed by atoms with E-state index in [1.807, 2.05) is 24.3 Å². The van der Waals surface area contributed by atoms with Crippen LogP contribution < -0.4 is 5.73 Å². The first-order valence-electron chi connectivity index (χ1n) is 6.61. The molecule has 0 saturated carbocycles. The Balaban J connectivity index is 2.38. The van der Waals surface area contributed by atoms with E-state index in [0.717, 1.165) is 5.39 Å². The monoisotopic (exact) mass is 326 g/mol. The van der Waals surface area contributed by atoms with Gasteiger partial charge >= 0.3 is 5.97 Å². The zero-order chi connectivity index (χ0) is 16.6. The molecule has 0 aliphatic carbocycles. The number of para-hydroxylation sites is 1. The molecule has 0 saturated heterocycles. The Morgan fingerprint density at radius 2 is 2.17 bits per heavy atom. The van der Waals surface area contributed by atoms with Gasteiger partial charge in [0.2, 0.25) is 0 Å². The predicted molar refractivity (Wildman–Crippen MR) is 86.5 cm³/mol. The second-order valence-electron chi connectivity index (χ2n) is 4.76. The molecular formula is C16H11ClN4O2. The summed E-state index contributed by atoms with van der Waals surface area (Å²) < 4.78 is 6.28. The van der Waals surface area contributed by atoms with Gasteiger partial charge in [0, 0.05) is 11.6 Å². The van der Waals surface area contributed by atoms with Crippen molar-refractivity contribution in [3.05, 3.63) is 52.9 Å². The summed E-state index contributed by atoms with van der Waals surface area (Å²) in [5, 5.41) is 10.3. The van der Waals surface area contributed by atoms with Crippen LogP contribution in [0.5, 0.6) is 0 Å². The fraction of sp³-hybridized carbons (Fsp3) is 0.0625. The van der Waals surface area contributed by atoms with Crippen LogP contribution in [0.15, 0.2) is 36.5 Å². The van der Waals surface area contributed by atoms with Crippen LogP contribution >= 0.6 is 11.6 Å². The van der Waals surface area contributed by atoms with Gasteiger partial charge < -0.3 is 15.0 Å². The van der Waals surface area contributed by atoms with Crippen LogP contribution in [-0.4, -0.2) is 22.6 Å². The minimum absolute atomic E-state index is 0.0679. The van der Waals surface area contributed by atoms with Gasteiger partial charge in [-0.2, -0.15) is 5.26 Å². The van der Waals surface area contributed by atoms with Gasteiger partial charge in [-0.1, -0.05) is 23.7 Å². The van der Waals surface area contributed by atoms with Gasteiger partial charge in [0.15, 0.2) is 5.69 Å². The number of nitriles is 1. The van der Waals surface area contributed by atoms with Crippen LogP contribution in [0.2, 0.25) is 5.15 Å². The van der Waals surface area contributed by atoms with Crippen LogP contribution in [0, 0.1) is 11.3 Å². The third-order valence-corrected chi connectivity index (χ3v) is 3.68. The number of carbonyl (C=O) groups excluding carboxylic acids is 1. The van der Waals surface area contributed by atoms with Gasteiger partial charge in [-0.05, 0) is 18.2 Å². The van der Waals surface area contributed by atoms with Crippen LogP contribution in [0.1, 0.15) is 16.1 Å². The van der Waals surface area contributed by atoms with E-state index in [0.29, 0.717) is 16.4 Å². The molecule has 0 spiro atoms. The molecule has 23 heavy (non-hydrogen) atoms. The summed E-state index contributed by atoms with van der Waals surface area (Å²) in [4.78, 5) is 16.4. The Bertz CT molecular complexity index is 972. The molecule has 1 aromatic carbocycles. The Morgan fingerprint density at radius 1 is 1.39 bits per heavy atom. The number of pyridine rings is 1. The van der Waals surface area contributed by atoms with Crippen LogP contribution in [-0.2, 0) is 4.74 Å². The molecule has 0 bridgehead atoms. The van der Waals surface area contributed by atoms with E-state index in [4.69, 9.17) is 22.1 Å². The molecule has 3 rings (SSSR count). The number of benzene rings is 1. The quantitative estimate of drug-likeness (QED) is 0.577. The first kappa shape index (κ1) is 14.9. The zero-order valence-electron chi connectivity index (χ0n) is 12.1. The SMILES string of the molecule is COC(=O)c1c(N)c(C#N)cn1-c1cccc2ccc(Cl)nc12. The fourth-order valence-electron chi connectivity index (χ4n) is 2.41. The van der Waals surface area contributed by atoms with Gasteiger partial charge in [0.25, 0.3) is 0 Å². The maximum atomic E-state index is 12.1. The number of nitrogen functional groups attached to an aromatic ring is 1. The normalized spacial score (nSPS) is 10.5. The number of hydrogen-bond acceptors (Lipinski definition) is 5. The average molecular weight is 327 g/mol. The van der Waals surface area contributed by atoms with Crippen molar-refractivity contribution >= 4 is 34.2 Å². The van der Waals surface area contributed by atoms with Gasteiger partial charge in [-0.15, -0.1) is 0 Å². The van der Waals surface area contributed by atoms with E-state index < -0.39 is 5.97 Å². The lowest BCUT2D eigenvalue weighted by molar-refractivity contribution is 0.0593. The topological polar surface area (TPSA) is 93.9 Å². The Kier molecular flexibility index (Phi) is 3.64. The molecule has 2 aromatic heterocycles. The minimum Gasteiger partial charge on any atom is -0.464 e. The van der Waals surface area contributed by atoms with E-state index in [1.54, 1.807) is 12.1 Å². The number of fused-ring (bicyclic) bond motifs is 1. The summed E-state index contributed by atoms with van der Waals surface area (Å²) in [6, 6.07) is 10.9. The van der Waals surface area contributed by atoms with Crippen LogP contribution in [0.4, 0.5) is 5.69 Å². The first-order chi connectivity index (χ1) is 11.1. The number of rotatable bonds is 2. The number of carbonyl (C=O) groups is 1. The van der Waals surface area contributed by atoms with E-state index in [-0.39, 0.29) is 16.9 Å². The molecule has 114 valence electrons. The Labute approximate surface area is 136 Å². The summed E-state index contributed by atoms with van der Waals surface area (Å²) in [7, 11) is 1.25. The first-order valence-corrected chi connectivity index (χ1v) is 6.99. The van der Waals surface area contributed by atoms with Gasteiger partial charge in [0.1, 0.15) is 11.2 Å². The molecule has 0 aliphatic heterocycles. The minimum atomic E-state index is -0.636. The third-order valence-electron chi connectivity index (χ3n) is 3.47. The second-order valence-corrected chi connectivity index (χ2v) is 5.15. The molecule has 7 heteroatoms. The maximum Gasteiger partial charge on any atom is 0.357 e. The van der Waals surface area contributed by atoms with Crippen molar-refractivity contribution in [3.8, 4) is 11.8 Å². The lowest BCUT2D eigenvalue weighted by Crippen LogP contribution is -2.11. The number of ether oxygens (including phenoxy) is 1. The zero-order valence-corrected chi connectivity index (χ0v) is 12.8. The molecular weight excluding hydrogens is 316 g/mol. The van der Waals surface area contributed by atoms with Crippen LogP contribution in [0.3, 0.4) is 0 Å². The number of nitrogens with zero attached hydrogens (tertiary/aromatic N) is 3. The lowest BCUT2D eigenvalue weighted by atomic mass is 10.2. The van der Waals surface area contributed by atoms with E-state index in [9.17, 15) is 10.1 Å². The van der Waals surface area contributed by atoms with Crippen molar-refractivity contribution in [3.63, 3.8) is 0 Å². The molecule has 2 heterocycles. The lowest BCUT2D eigenvalue weighted by Gasteiger charge is -2.11. The van der Waals surface area contributed by atoms with Crippen LogP contribution in [0.25, 0.3) is 16.6 Å². The number of esters is 1. The fourth-order valence-corrected chi connectivity index (χ4v) is 2.55. The van der Waals surface area contributed by atoms with E-state index >= 15 is 0 Å². The highest BCUT2D eigenvalue weighted by molar-refractivity contribution is 6.29. The Hall–Kier alpha value is -3.04. The Morgan fingerprint density at radius 3 is 2.87 bits per heavy atom. The van der Waals surface area contributed by atoms with Gasteiger partial charge in [-0.25, -0.2) is 9.78 Å². The van der Waals surface area contributed by atoms with Crippen molar-refractivity contribution in [2.75, 3.05) is 12.8 Å². The molecule has 0 atom stereocenters. The number of halogens is 1. The molecule has 2 N–H and O–H groups in total. The van der Waals surface area contributed by atoms with Crippen molar-refractivity contribution in [2.45, 2.75) is 0 Å². The molecule has 3 aromatic rings. The summed E-state index contributed by atoms with van der Waals surface area (Å²) >= 11 is 5.98. The number of nitrogens with two attached hydrogens (primary N) is 1. The molecule has 0 amide bonds. The molecule has 0 aliphatic rings. The standard InChI is InChI=1S/C16H11ClN4O2/c1-23-16(22)15-13(19)10(7-18)8-21(15)11-4-2-3-9-5-6-12(17)20-14(9)11/h2-6,8H,19H2,1H3. The van der Waals surface area contributed by atoms with Crippen molar-refractivity contribution in [2.24, 2.45) is 0 Å². The second kappa shape index (κ2) is 5.63. The van der Waals surface area contributed by atoms with Gasteiger partial charge in [-0.3, -0.25) is 0 Å². The smallest absolute Gasteiger partial charge is 0.357 e. The predicted octanol–water partition coefficient (Wildman–Crippen LogP) is 2.92. The molecule has 0 fully saturated rings. The highest BCUT2D eigenvalue weighted by Crippen LogP contribution is 2.29. The van der Waals surface area contributed by atoms with E-state index in [2.05, 4.69) is 4.98 Å². The summed E-state index contributed by atoms with van der Waals surface area (Å²) in [6.07, 6.45) is 1.49. The van der Waals surface area contributed by atoms with E-state index in [1.165, 1.54) is 17.9 Å². The maximum absolute atomic E-state index is 12.1. The summed E-state index contributed by atoms with van der Waals surface area (Å²) in [5.74, 6) is -0.636. The highest BCUT2D eigenvalue weighted by Gasteiger charge is 2.22. The average Bonchev–Trinajstić information content (AvgIpc) is 2.90. The largest absolute Gasteiger partial charge is 0.464 e. The van der Waals surface area contributed by atoms with Crippen molar-refractivity contribution in [1.29, 1.82) is 5.26 Å². The third kappa shape index (κ3) is 2.37. The molecule has 6 nitrogen and oxygen atoms in total. The molecule has 0 unspecified atom stereocenters. The van der Waals surface area contributed by atoms with Crippen molar-refractivity contribution in [1.82, 2.24) is 9.55 Å². The highest BCUT2D eigenvalue weighted by atomic mass is 35.5. The number of aromatic nitrogens is 2. The van der Waals surface area contributed by atoms with Gasteiger partial charge in [0.05, 0.1) is 29.6 Å². The number of anilines is 1.